The number of rotatable bonds is 7. The van der Waals surface area contributed by atoms with Gasteiger partial charge in [-0.2, -0.15) is 0 Å². The van der Waals surface area contributed by atoms with Gasteiger partial charge in [-0.3, -0.25) is 9.59 Å². The first-order valence-electron chi connectivity index (χ1n) is 10.6. The van der Waals surface area contributed by atoms with Gasteiger partial charge in [-0.05, 0) is 49.0 Å². The normalized spacial score (nSPS) is 19.2. The number of Topliss-reactive ketones (excluding diaryl/α,β-unsaturated/α-hetero) is 1. The van der Waals surface area contributed by atoms with E-state index in [0.29, 0.717) is 40.7 Å². The molecule has 2 aliphatic rings. The largest absolute Gasteiger partial charge is 0.507 e. The van der Waals surface area contributed by atoms with Crippen molar-refractivity contribution in [2.75, 3.05) is 33.0 Å². The molecule has 0 radical (unpaired) electrons. The van der Waals surface area contributed by atoms with Crippen LogP contribution in [0.4, 0.5) is 0 Å². The number of nitrogens with zero attached hydrogens (tertiary/aromatic N) is 2. The highest BCUT2D eigenvalue weighted by Gasteiger charge is 2.46. The van der Waals surface area contributed by atoms with Gasteiger partial charge in [0.15, 0.2) is 11.5 Å². The van der Waals surface area contributed by atoms with Crippen LogP contribution in [0.1, 0.15) is 31.0 Å². The van der Waals surface area contributed by atoms with Crippen molar-refractivity contribution in [1.82, 2.24) is 9.80 Å². The Hall–Kier alpha value is -3.03. The molecule has 2 aromatic rings. The molecule has 0 saturated carbocycles. The summed E-state index contributed by atoms with van der Waals surface area (Å²) in [6, 6.07) is 11.2. The average Bonchev–Trinajstić information content (AvgIpc) is 3.37. The third-order valence-corrected chi connectivity index (χ3v) is 6.18. The van der Waals surface area contributed by atoms with E-state index >= 15 is 0 Å². The summed E-state index contributed by atoms with van der Waals surface area (Å²) in [7, 11) is 0. The molecule has 1 unspecified atom stereocenters. The summed E-state index contributed by atoms with van der Waals surface area (Å²) < 4.78 is 10.7. The average molecular weight is 457 g/mol. The number of fused-ring (bicyclic) bond motifs is 1. The fourth-order valence-corrected chi connectivity index (χ4v) is 4.22. The number of halogens is 1. The van der Waals surface area contributed by atoms with E-state index in [1.54, 1.807) is 42.5 Å². The molecule has 0 spiro atoms. The van der Waals surface area contributed by atoms with Crippen LogP contribution in [-0.4, -0.2) is 59.6 Å². The standard InChI is InChI=1S/C24H25ClN2O5/c1-3-26(4-2)11-12-27-21(15-5-8-17(25)9-6-15)20(23(29)24(27)30)22(28)16-7-10-18-19(13-16)32-14-31-18/h5-10,13,21,28H,3-4,11-12,14H2,1-2H3/b22-20-. The van der Waals surface area contributed by atoms with Crippen LogP contribution in [0, 0.1) is 0 Å². The summed E-state index contributed by atoms with van der Waals surface area (Å²) in [5.74, 6) is -0.533. The predicted molar refractivity (Wildman–Crippen MR) is 121 cm³/mol. The zero-order chi connectivity index (χ0) is 22.8. The highest BCUT2D eigenvalue weighted by Crippen LogP contribution is 2.41. The van der Waals surface area contributed by atoms with Gasteiger partial charge in [-0.25, -0.2) is 0 Å². The predicted octanol–water partition coefficient (Wildman–Crippen LogP) is 3.83. The molecule has 1 N–H and O–H groups in total. The number of likely N-dealkylation sites (tertiary alicyclic amines) is 1. The van der Waals surface area contributed by atoms with Gasteiger partial charge in [-0.1, -0.05) is 37.6 Å². The van der Waals surface area contributed by atoms with E-state index < -0.39 is 17.7 Å². The smallest absolute Gasteiger partial charge is 0.295 e. The van der Waals surface area contributed by atoms with Crippen LogP contribution >= 0.6 is 11.6 Å². The molecule has 2 aromatic carbocycles. The molecule has 0 aliphatic carbocycles. The Balaban J connectivity index is 1.78. The molecule has 32 heavy (non-hydrogen) atoms. The molecule has 0 bridgehead atoms. The number of hydrogen-bond acceptors (Lipinski definition) is 6. The minimum atomic E-state index is -0.715. The number of aliphatic hydroxyl groups excluding tert-OH is 1. The third kappa shape index (κ3) is 4.06. The molecule has 2 heterocycles. The van der Waals surface area contributed by atoms with Crippen molar-refractivity contribution < 1.29 is 24.2 Å². The lowest BCUT2D eigenvalue weighted by Gasteiger charge is -2.28. The topological polar surface area (TPSA) is 79.3 Å². The molecule has 1 fully saturated rings. The molecule has 1 saturated heterocycles. The second-order valence-electron chi connectivity index (χ2n) is 7.64. The van der Waals surface area contributed by atoms with Crippen LogP contribution in [0.15, 0.2) is 48.0 Å². The number of carbonyl (C=O) groups excluding carboxylic acids is 2. The first kappa shape index (κ1) is 22.2. The molecule has 0 aromatic heterocycles. The first-order chi connectivity index (χ1) is 15.4. The van der Waals surface area contributed by atoms with Crippen molar-refractivity contribution in [3.05, 3.63) is 64.2 Å². The first-order valence-corrected chi connectivity index (χ1v) is 11.0. The number of likely N-dealkylation sites (N-methyl/N-ethyl adjacent to an activating group) is 1. The Morgan fingerprint density at radius 3 is 2.47 bits per heavy atom. The Kier molecular flexibility index (Phi) is 6.39. The Labute approximate surface area is 191 Å². The van der Waals surface area contributed by atoms with E-state index in [-0.39, 0.29) is 18.1 Å². The van der Waals surface area contributed by atoms with Crippen LogP contribution in [0.2, 0.25) is 5.02 Å². The van der Waals surface area contributed by atoms with E-state index in [4.69, 9.17) is 21.1 Å². The molecular weight excluding hydrogens is 432 g/mol. The summed E-state index contributed by atoms with van der Waals surface area (Å²) in [6.45, 7) is 6.85. The van der Waals surface area contributed by atoms with Crippen molar-refractivity contribution in [2.24, 2.45) is 0 Å². The fraction of sp³-hybridized carbons (Fsp3) is 0.333. The van der Waals surface area contributed by atoms with Gasteiger partial charge in [0.25, 0.3) is 11.7 Å². The van der Waals surface area contributed by atoms with Gasteiger partial charge in [0.05, 0.1) is 11.6 Å². The lowest BCUT2D eigenvalue weighted by atomic mass is 9.95. The van der Waals surface area contributed by atoms with Gasteiger partial charge in [-0.15, -0.1) is 0 Å². The zero-order valence-corrected chi connectivity index (χ0v) is 18.8. The number of ketones is 1. The lowest BCUT2D eigenvalue weighted by Crippen LogP contribution is -2.38. The third-order valence-electron chi connectivity index (χ3n) is 5.92. The highest BCUT2D eigenvalue weighted by atomic mass is 35.5. The lowest BCUT2D eigenvalue weighted by molar-refractivity contribution is -0.140. The number of hydrogen-bond donors (Lipinski definition) is 1. The van der Waals surface area contributed by atoms with Crippen molar-refractivity contribution in [2.45, 2.75) is 19.9 Å². The van der Waals surface area contributed by atoms with E-state index in [0.717, 1.165) is 13.1 Å². The Morgan fingerprint density at radius 2 is 1.78 bits per heavy atom. The van der Waals surface area contributed by atoms with E-state index in [9.17, 15) is 14.7 Å². The molecule has 1 amide bonds. The number of aliphatic hydroxyl groups is 1. The van der Waals surface area contributed by atoms with Gasteiger partial charge in [0.1, 0.15) is 5.76 Å². The maximum atomic E-state index is 13.1. The van der Waals surface area contributed by atoms with Crippen molar-refractivity contribution >= 4 is 29.1 Å². The Morgan fingerprint density at radius 1 is 1.09 bits per heavy atom. The fourth-order valence-electron chi connectivity index (χ4n) is 4.09. The number of benzene rings is 2. The highest BCUT2D eigenvalue weighted by molar-refractivity contribution is 6.46. The summed E-state index contributed by atoms with van der Waals surface area (Å²) in [5, 5.41) is 11.7. The van der Waals surface area contributed by atoms with E-state index in [1.165, 1.54) is 4.90 Å². The van der Waals surface area contributed by atoms with Crippen LogP contribution < -0.4 is 9.47 Å². The van der Waals surface area contributed by atoms with Gasteiger partial charge >= 0.3 is 0 Å². The summed E-state index contributed by atoms with van der Waals surface area (Å²) >= 11 is 6.06. The summed E-state index contributed by atoms with van der Waals surface area (Å²) in [4.78, 5) is 29.8. The number of carbonyl (C=O) groups is 2. The Bertz CT molecular complexity index is 1060. The van der Waals surface area contributed by atoms with E-state index in [1.807, 2.05) is 13.8 Å². The second kappa shape index (κ2) is 9.22. The van der Waals surface area contributed by atoms with Crippen molar-refractivity contribution in [1.29, 1.82) is 0 Å². The van der Waals surface area contributed by atoms with Gasteiger partial charge in [0, 0.05) is 23.7 Å². The number of amides is 1. The maximum absolute atomic E-state index is 13.1. The van der Waals surface area contributed by atoms with E-state index in [2.05, 4.69) is 4.90 Å². The van der Waals surface area contributed by atoms with Crippen LogP contribution in [0.25, 0.3) is 5.76 Å². The molecule has 1 atom stereocenters. The maximum Gasteiger partial charge on any atom is 0.295 e. The van der Waals surface area contributed by atoms with Crippen LogP contribution in [0.3, 0.4) is 0 Å². The quantitative estimate of drug-likeness (QED) is 0.387. The molecule has 168 valence electrons. The number of ether oxygens (including phenoxy) is 2. The van der Waals surface area contributed by atoms with Crippen molar-refractivity contribution in [3.63, 3.8) is 0 Å². The van der Waals surface area contributed by atoms with Crippen LogP contribution in [-0.2, 0) is 9.59 Å². The molecule has 8 heteroatoms. The van der Waals surface area contributed by atoms with Gasteiger partial charge in [0.2, 0.25) is 6.79 Å². The molecule has 2 aliphatic heterocycles. The zero-order valence-electron chi connectivity index (χ0n) is 18.0. The molecule has 4 rings (SSSR count). The molecular formula is C24H25ClN2O5. The van der Waals surface area contributed by atoms with Crippen molar-refractivity contribution in [3.8, 4) is 11.5 Å². The minimum Gasteiger partial charge on any atom is -0.507 e. The SMILES string of the molecule is CCN(CC)CCN1C(=O)C(=O)/C(=C(\O)c2ccc3c(c2)OCO3)C1c1ccc(Cl)cc1. The monoisotopic (exact) mass is 456 g/mol. The van der Waals surface area contributed by atoms with Gasteiger partial charge < -0.3 is 24.4 Å². The summed E-state index contributed by atoms with van der Waals surface area (Å²) in [6.07, 6.45) is 0. The minimum absolute atomic E-state index is 0.0516. The second-order valence-corrected chi connectivity index (χ2v) is 8.08. The molecule has 7 nitrogen and oxygen atoms in total. The van der Waals surface area contributed by atoms with Crippen LogP contribution in [0.5, 0.6) is 11.5 Å². The summed E-state index contributed by atoms with van der Waals surface area (Å²) in [5.41, 5.74) is 1.14.